The zero-order valence-electron chi connectivity index (χ0n) is 11.2. The third-order valence-corrected chi connectivity index (χ3v) is 3.04. The Hall–Kier alpha value is -1.18. The molecule has 1 rings (SSSR count). The summed E-state index contributed by atoms with van der Waals surface area (Å²) in [7, 11) is 1.47. The Labute approximate surface area is 125 Å². The summed E-state index contributed by atoms with van der Waals surface area (Å²) in [4.78, 5) is 11.4. The Bertz CT molecular complexity index is 446. The number of rotatable bonds is 7. The molecule has 0 spiro atoms. The lowest BCUT2D eigenvalue weighted by atomic mass is 10.1. The molecule has 0 aromatic heterocycles. The van der Waals surface area contributed by atoms with Gasteiger partial charge in [0.2, 0.25) is 0 Å². The van der Waals surface area contributed by atoms with Gasteiger partial charge in [0.15, 0.2) is 0 Å². The Morgan fingerprint density at radius 3 is 2.95 bits per heavy atom. The van der Waals surface area contributed by atoms with Crippen molar-refractivity contribution in [1.29, 1.82) is 0 Å². The van der Waals surface area contributed by atoms with Gasteiger partial charge in [0, 0.05) is 24.7 Å². The summed E-state index contributed by atoms with van der Waals surface area (Å²) < 4.78 is 19.0. The number of nitrogens with one attached hydrogen (secondary N) is 2. The van der Waals surface area contributed by atoms with Crippen molar-refractivity contribution in [3.63, 3.8) is 0 Å². The highest BCUT2D eigenvalue weighted by atomic mass is 79.9. The molecular formula is C13H18BrFN2O3. The highest BCUT2D eigenvalue weighted by Gasteiger charge is 2.07. The summed E-state index contributed by atoms with van der Waals surface area (Å²) in [6.07, 6.45) is -0.354. The van der Waals surface area contributed by atoms with E-state index in [9.17, 15) is 14.3 Å². The SMILES string of the molecule is COCC(O)CNC(=O)NCCc1cc(Br)ccc1F. The number of aliphatic hydroxyl groups is 1. The topological polar surface area (TPSA) is 70.6 Å². The average molecular weight is 349 g/mol. The molecule has 0 saturated heterocycles. The van der Waals surface area contributed by atoms with E-state index in [0.29, 0.717) is 18.5 Å². The van der Waals surface area contributed by atoms with Crippen LogP contribution in [0.25, 0.3) is 0 Å². The predicted octanol–water partition coefficient (Wildman–Crippen LogP) is 1.44. The first-order valence-corrected chi connectivity index (χ1v) is 6.95. The van der Waals surface area contributed by atoms with E-state index < -0.39 is 12.1 Å². The lowest BCUT2D eigenvalue weighted by Gasteiger charge is -2.11. The van der Waals surface area contributed by atoms with E-state index in [-0.39, 0.29) is 19.0 Å². The van der Waals surface area contributed by atoms with Gasteiger partial charge in [-0.3, -0.25) is 0 Å². The predicted molar refractivity (Wildman–Crippen MR) is 77.1 cm³/mol. The molecule has 7 heteroatoms. The van der Waals surface area contributed by atoms with E-state index in [1.54, 1.807) is 12.1 Å². The first-order valence-electron chi connectivity index (χ1n) is 6.15. The molecular weight excluding hydrogens is 331 g/mol. The number of urea groups is 1. The molecule has 112 valence electrons. The summed E-state index contributed by atoms with van der Waals surface area (Å²) in [5, 5.41) is 14.4. The molecule has 0 bridgehead atoms. The first-order chi connectivity index (χ1) is 9.52. The number of amides is 2. The second-order valence-electron chi connectivity index (χ2n) is 4.23. The van der Waals surface area contributed by atoms with Gasteiger partial charge in [-0.25, -0.2) is 9.18 Å². The normalized spacial score (nSPS) is 12.0. The minimum absolute atomic E-state index is 0.102. The fourth-order valence-electron chi connectivity index (χ4n) is 1.57. The van der Waals surface area contributed by atoms with E-state index in [2.05, 4.69) is 26.6 Å². The van der Waals surface area contributed by atoms with Crippen LogP contribution in [-0.4, -0.2) is 44.0 Å². The molecule has 1 aromatic carbocycles. The fraction of sp³-hybridized carbons (Fsp3) is 0.462. The molecule has 0 saturated carbocycles. The second-order valence-corrected chi connectivity index (χ2v) is 5.15. The maximum atomic E-state index is 13.4. The Kier molecular flexibility index (Phi) is 7.50. The van der Waals surface area contributed by atoms with Crippen LogP contribution in [0, 0.1) is 5.82 Å². The Balaban J connectivity index is 2.26. The van der Waals surface area contributed by atoms with E-state index in [1.165, 1.54) is 13.2 Å². The van der Waals surface area contributed by atoms with Crippen LogP contribution in [0.1, 0.15) is 5.56 Å². The quantitative estimate of drug-likeness (QED) is 0.698. The van der Waals surface area contributed by atoms with Crippen LogP contribution in [0.3, 0.4) is 0 Å². The number of hydrogen-bond acceptors (Lipinski definition) is 3. The lowest BCUT2D eigenvalue weighted by molar-refractivity contribution is 0.0660. The van der Waals surface area contributed by atoms with Crippen molar-refractivity contribution in [2.24, 2.45) is 0 Å². The Morgan fingerprint density at radius 2 is 2.25 bits per heavy atom. The number of ether oxygens (including phenoxy) is 1. The van der Waals surface area contributed by atoms with Crippen molar-refractivity contribution >= 4 is 22.0 Å². The molecule has 1 unspecified atom stereocenters. The minimum atomic E-state index is -0.742. The summed E-state index contributed by atoms with van der Waals surface area (Å²) in [5.41, 5.74) is 0.527. The van der Waals surface area contributed by atoms with Crippen molar-refractivity contribution in [3.05, 3.63) is 34.1 Å². The number of carbonyl (C=O) groups is 1. The van der Waals surface area contributed by atoms with Crippen molar-refractivity contribution in [3.8, 4) is 0 Å². The molecule has 1 aromatic rings. The molecule has 1 atom stereocenters. The van der Waals surface area contributed by atoms with Crippen molar-refractivity contribution in [2.45, 2.75) is 12.5 Å². The zero-order chi connectivity index (χ0) is 15.0. The average Bonchev–Trinajstić information content (AvgIpc) is 2.41. The van der Waals surface area contributed by atoms with Crippen LogP contribution in [-0.2, 0) is 11.2 Å². The van der Waals surface area contributed by atoms with Gasteiger partial charge in [-0.2, -0.15) is 0 Å². The molecule has 0 aliphatic carbocycles. The van der Waals surface area contributed by atoms with Crippen molar-refractivity contribution in [1.82, 2.24) is 10.6 Å². The highest BCUT2D eigenvalue weighted by Crippen LogP contribution is 2.15. The maximum Gasteiger partial charge on any atom is 0.314 e. The second kappa shape index (κ2) is 8.89. The van der Waals surface area contributed by atoms with Crippen molar-refractivity contribution < 1.29 is 19.0 Å². The number of carbonyl (C=O) groups excluding carboxylic acids is 1. The van der Waals surface area contributed by atoms with Gasteiger partial charge in [0.05, 0.1) is 12.7 Å². The third-order valence-electron chi connectivity index (χ3n) is 2.54. The fourth-order valence-corrected chi connectivity index (χ4v) is 1.98. The van der Waals surface area contributed by atoms with Crippen molar-refractivity contribution in [2.75, 3.05) is 26.8 Å². The van der Waals surface area contributed by atoms with Crippen LogP contribution in [0.2, 0.25) is 0 Å². The van der Waals surface area contributed by atoms with Gasteiger partial charge >= 0.3 is 6.03 Å². The zero-order valence-corrected chi connectivity index (χ0v) is 12.7. The molecule has 0 aliphatic heterocycles. The van der Waals surface area contributed by atoms with Gasteiger partial charge < -0.3 is 20.5 Å². The van der Waals surface area contributed by atoms with Crippen LogP contribution < -0.4 is 10.6 Å². The van der Waals surface area contributed by atoms with Crippen LogP contribution in [0.5, 0.6) is 0 Å². The number of benzene rings is 1. The summed E-state index contributed by atoms with van der Waals surface area (Å²) >= 11 is 3.27. The molecule has 20 heavy (non-hydrogen) atoms. The van der Waals surface area contributed by atoms with Gasteiger partial charge in [0.1, 0.15) is 5.82 Å². The highest BCUT2D eigenvalue weighted by molar-refractivity contribution is 9.10. The van der Waals surface area contributed by atoms with Gasteiger partial charge in [-0.05, 0) is 30.2 Å². The summed E-state index contributed by atoms with van der Waals surface area (Å²) in [6, 6.07) is 4.27. The third kappa shape index (κ3) is 6.31. The molecule has 2 amide bonds. The largest absolute Gasteiger partial charge is 0.389 e. The van der Waals surface area contributed by atoms with E-state index >= 15 is 0 Å². The van der Waals surface area contributed by atoms with Crippen LogP contribution in [0.15, 0.2) is 22.7 Å². The monoisotopic (exact) mass is 348 g/mol. The molecule has 3 N–H and O–H groups in total. The standard InChI is InChI=1S/C13H18BrFN2O3/c1-20-8-11(18)7-17-13(19)16-5-4-9-6-10(14)2-3-12(9)15/h2-3,6,11,18H,4-5,7-8H2,1H3,(H2,16,17,19). The maximum absolute atomic E-state index is 13.4. The molecule has 0 heterocycles. The molecule has 0 aliphatic rings. The number of hydrogen-bond donors (Lipinski definition) is 3. The van der Waals surface area contributed by atoms with Gasteiger partial charge in [-0.1, -0.05) is 15.9 Å². The molecule has 0 fully saturated rings. The molecule has 5 nitrogen and oxygen atoms in total. The summed E-state index contributed by atoms with van der Waals surface area (Å²) in [5.74, 6) is -0.300. The van der Waals surface area contributed by atoms with Gasteiger partial charge in [0.25, 0.3) is 0 Å². The number of methoxy groups -OCH3 is 1. The Morgan fingerprint density at radius 1 is 1.50 bits per heavy atom. The van der Waals surface area contributed by atoms with Crippen LogP contribution in [0.4, 0.5) is 9.18 Å². The summed E-state index contributed by atoms with van der Waals surface area (Å²) in [6.45, 7) is 0.564. The van der Waals surface area contributed by atoms with Gasteiger partial charge in [-0.15, -0.1) is 0 Å². The molecule has 0 radical (unpaired) electrons. The lowest BCUT2D eigenvalue weighted by Crippen LogP contribution is -2.41. The van der Waals surface area contributed by atoms with E-state index in [1.807, 2.05) is 0 Å². The minimum Gasteiger partial charge on any atom is -0.389 e. The number of halogens is 2. The van der Waals surface area contributed by atoms with E-state index in [0.717, 1.165) is 4.47 Å². The van der Waals surface area contributed by atoms with Crippen LogP contribution >= 0.6 is 15.9 Å². The smallest absolute Gasteiger partial charge is 0.314 e. The van der Waals surface area contributed by atoms with E-state index in [4.69, 9.17) is 4.74 Å². The first kappa shape index (κ1) is 16.9. The number of aliphatic hydroxyl groups excluding tert-OH is 1.